The fourth-order valence-corrected chi connectivity index (χ4v) is 1.87. The van der Waals surface area contributed by atoms with Crippen LogP contribution in [0.1, 0.15) is 22.5 Å². The molecule has 0 spiro atoms. The van der Waals surface area contributed by atoms with Gasteiger partial charge in [0, 0.05) is 19.3 Å². The molecule has 3 N–H and O–H groups in total. The maximum atomic E-state index is 10.9. The van der Waals surface area contributed by atoms with Crippen molar-refractivity contribution in [2.75, 3.05) is 19.3 Å². The van der Waals surface area contributed by atoms with Crippen LogP contribution in [0.3, 0.4) is 0 Å². The van der Waals surface area contributed by atoms with Crippen molar-refractivity contribution in [2.24, 2.45) is 0 Å². The van der Waals surface area contributed by atoms with Crippen molar-refractivity contribution in [2.45, 2.75) is 13.0 Å². The topological polar surface area (TPSA) is 121 Å². The molecule has 0 amide bonds. The van der Waals surface area contributed by atoms with Gasteiger partial charge < -0.3 is 10.4 Å². The molecule has 1 heterocycles. The average Bonchev–Trinajstić information content (AvgIpc) is 2.32. The van der Waals surface area contributed by atoms with Crippen LogP contribution in [0.15, 0.2) is 12.5 Å². The standard InChI is InChI=1S/C10H16N4O4S/c1-19(17,18)14-4-2-3-11-6-9-8(10(15)16)5-12-7-13-9/h5,7,11,14H,2-4,6H2,1H3,(H,15,16). The first kappa shape index (κ1) is 15.5. The van der Waals surface area contributed by atoms with Crippen LogP contribution in [0.4, 0.5) is 0 Å². The van der Waals surface area contributed by atoms with Crippen LogP contribution in [0, 0.1) is 0 Å². The lowest BCUT2D eigenvalue weighted by atomic mass is 10.2. The summed E-state index contributed by atoms with van der Waals surface area (Å²) >= 11 is 0. The van der Waals surface area contributed by atoms with Crippen LogP contribution < -0.4 is 10.0 Å². The summed E-state index contributed by atoms with van der Waals surface area (Å²) in [7, 11) is -3.16. The fourth-order valence-electron chi connectivity index (χ4n) is 1.35. The van der Waals surface area contributed by atoms with Crippen molar-refractivity contribution < 1.29 is 18.3 Å². The highest BCUT2D eigenvalue weighted by Gasteiger charge is 2.10. The summed E-state index contributed by atoms with van der Waals surface area (Å²) in [6.45, 7) is 1.18. The van der Waals surface area contributed by atoms with E-state index in [1.165, 1.54) is 12.5 Å². The van der Waals surface area contributed by atoms with Gasteiger partial charge >= 0.3 is 5.97 Å². The second-order valence-electron chi connectivity index (χ2n) is 3.89. The number of hydrogen-bond donors (Lipinski definition) is 3. The number of carbonyl (C=O) groups is 1. The summed E-state index contributed by atoms with van der Waals surface area (Å²) < 4.78 is 23.9. The maximum absolute atomic E-state index is 10.9. The maximum Gasteiger partial charge on any atom is 0.339 e. The molecule has 0 aromatic carbocycles. The minimum Gasteiger partial charge on any atom is -0.478 e. The number of nitrogens with zero attached hydrogens (tertiary/aromatic N) is 2. The van der Waals surface area contributed by atoms with E-state index in [0.717, 1.165) is 6.26 Å². The van der Waals surface area contributed by atoms with E-state index in [-0.39, 0.29) is 5.56 Å². The lowest BCUT2D eigenvalue weighted by Gasteiger charge is -2.06. The summed E-state index contributed by atoms with van der Waals surface area (Å²) in [5.74, 6) is -1.07. The van der Waals surface area contributed by atoms with Gasteiger partial charge in [-0.3, -0.25) is 0 Å². The van der Waals surface area contributed by atoms with E-state index in [2.05, 4.69) is 20.0 Å². The van der Waals surface area contributed by atoms with Crippen LogP contribution in [-0.2, 0) is 16.6 Å². The van der Waals surface area contributed by atoms with Gasteiger partial charge in [0.05, 0.1) is 11.9 Å². The molecule has 19 heavy (non-hydrogen) atoms. The molecule has 9 heteroatoms. The van der Waals surface area contributed by atoms with Gasteiger partial charge in [-0.2, -0.15) is 0 Å². The van der Waals surface area contributed by atoms with Gasteiger partial charge in [0.15, 0.2) is 0 Å². The Balaban J connectivity index is 2.32. The predicted octanol–water partition coefficient (Wildman–Crippen LogP) is -0.796. The van der Waals surface area contributed by atoms with Crippen LogP contribution in [0.2, 0.25) is 0 Å². The van der Waals surface area contributed by atoms with Crippen molar-refractivity contribution in [3.63, 3.8) is 0 Å². The molecule has 0 aliphatic carbocycles. The van der Waals surface area contributed by atoms with E-state index in [1.807, 2.05) is 0 Å². The lowest BCUT2D eigenvalue weighted by Crippen LogP contribution is -2.26. The molecular formula is C10H16N4O4S. The van der Waals surface area contributed by atoms with E-state index < -0.39 is 16.0 Å². The van der Waals surface area contributed by atoms with E-state index >= 15 is 0 Å². The molecular weight excluding hydrogens is 272 g/mol. The molecule has 0 fully saturated rings. The number of carboxylic acids is 1. The Morgan fingerprint density at radius 3 is 2.79 bits per heavy atom. The number of sulfonamides is 1. The number of carboxylic acid groups (broad SMARTS) is 1. The number of hydrogen-bond acceptors (Lipinski definition) is 6. The Morgan fingerprint density at radius 1 is 1.42 bits per heavy atom. The van der Waals surface area contributed by atoms with Gasteiger partial charge in [-0.15, -0.1) is 0 Å². The highest BCUT2D eigenvalue weighted by molar-refractivity contribution is 7.88. The molecule has 1 aromatic heterocycles. The SMILES string of the molecule is CS(=O)(=O)NCCCNCc1ncncc1C(=O)O. The summed E-state index contributed by atoms with van der Waals surface area (Å²) in [4.78, 5) is 18.4. The van der Waals surface area contributed by atoms with Crippen molar-refractivity contribution >= 4 is 16.0 Å². The summed E-state index contributed by atoms with van der Waals surface area (Å²) in [6.07, 6.45) is 4.23. The van der Waals surface area contributed by atoms with Gasteiger partial charge in [-0.1, -0.05) is 0 Å². The zero-order valence-electron chi connectivity index (χ0n) is 10.5. The Morgan fingerprint density at radius 2 is 2.16 bits per heavy atom. The lowest BCUT2D eigenvalue weighted by molar-refractivity contribution is 0.0694. The first-order valence-corrected chi connectivity index (χ1v) is 7.47. The van der Waals surface area contributed by atoms with Gasteiger partial charge in [-0.25, -0.2) is 27.9 Å². The average molecular weight is 288 g/mol. The number of nitrogens with one attached hydrogen (secondary N) is 2. The Hall–Kier alpha value is -1.58. The second kappa shape index (κ2) is 7.12. The molecule has 106 valence electrons. The normalized spacial score (nSPS) is 11.4. The molecule has 0 saturated heterocycles. The van der Waals surface area contributed by atoms with Gasteiger partial charge in [0.1, 0.15) is 11.9 Å². The third kappa shape index (κ3) is 6.22. The molecule has 0 saturated carbocycles. The third-order valence-electron chi connectivity index (χ3n) is 2.21. The van der Waals surface area contributed by atoms with Gasteiger partial charge in [0.2, 0.25) is 10.0 Å². The highest BCUT2D eigenvalue weighted by Crippen LogP contribution is 2.02. The Bertz CT molecular complexity index is 532. The van der Waals surface area contributed by atoms with E-state index in [1.54, 1.807) is 0 Å². The van der Waals surface area contributed by atoms with Crippen molar-refractivity contribution in [3.8, 4) is 0 Å². The molecule has 8 nitrogen and oxygen atoms in total. The third-order valence-corrected chi connectivity index (χ3v) is 2.94. The van der Waals surface area contributed by atoms with Crippen LogP contribution in [0.25, 0.3) is 0 Å². The zero-order valence-corrected chi connectivity index (χ0v) is 11.3. The molecule has 1 aromatic rings. The van der Waals surface area contributed by atoms with E-state index in [0.29, 0.717) is 31.7 Å². The summed E-state index contributed by atoms with van der Waals surface area (Å²) in [5.41, 5.74) is 0.461. The fraction of sp³-hybridized carbons (Fsp3) is 0.500. The Kier molecular flexibility index (Phi) is 5.80. The number of aromatic nitrogens is 2. The minimum absolute atomic E-state index is 0.0595. The van der Waals surface area contributed by atoms with E-state index in [9.17, 15) is 13.2 Å². The number of aromatic carboxylic acids is 1. The molecule has 0 unspecified atom stereocenters. The summed E-state index contributed by atoms with van der Waals surface area (Å²) in [6, 6.07) is 0. The highest BCUT2D eigenvalue weighted by atomic mass is 32.2. The van der Waals surface area contributed by atoms with Crippen LogP contribution in [-0.4, -0.2) is 48.8 Å². The first-order chi connectivity index (χ1) is 8.90. The van der Waals surface area contributed by atoms with Crippen LogP contribution >= 0.6 is 0 Å². The molecule has 1 rings (SSSR count). The smallest absolute Gasteiger partial charge is 0.339 e. The molecule has 0 bridgehead atoms. The Labute approximate surface area is 111 Å². The van der Waals surface area contributed by atoms with Crippen LogP contribution in [0.5, 0.6) is 0 Å². The van der Waals surface area contributed by atoms with Crippen molar-refractivity contribution in [1.82, 2.24) is 20.0 Å². The molecule has 0 atom stereocenters. The summed E-state index contributed by atoms with van der Waals surface area (Å²) in [5, 5.41) is 11.9. The van der Waals surface area contributed by atoms with E-state index in [4.69, 9.17) is 5.11 Å². The first-order valence-electron chi connectivity index (χ1n) is 5.57. The molecule has 0 radical (unpaired) electrons. The monoisotopic (exact) mass is 288 g/mol. The predicted molar refractivity (Wildman–Crippen MR) is 68.2 cm³/mol. The largest absolute Gasteiger partial charge is 0.478 e. The molecule has 0 aliphatic rings. The number of rotatable bonds is 8. The second-order valence-corrected chi connectivity index (χ2v) is 5.72. The van der Waals surface area contributed by atoms with Crippen molar-refractivity contribution in [1.29, 1.82) is 0 Å². The molecule has 0 aliphatic heterocycles. The van der Waals surface area contributed by atoms with Crippen molar-refractivity contribution in [3.05, 3.63) is 23.8 Å². The van der Waals surface area contributed by atoms with Gasteiger partial charge in [0.25, 0.3) is 0 Å². The minimum atomic E-state index is -3.16. The quantitative estimate of drug-likeness (QED) is 0.535. The van der Waals surface area contributed by atoms with Gasteiger partial charge in [-0.05, 0) is 13.0 Å². The zero-order chi connectivity index (χ0) is 14.3.